The lowest BCUT2D eigenvalue weighted by molar-refractivity contribution is 0.131. The lowest BCUT2D eigenvalue weighted by Crippen LogP contribution is -2.46. The Kier molecular flexibility index (Phi) is 4.02. The van der Waals surface area contributed by atoms with E-state index in [1.54, 1.807) is 0 Å². The fraction of sp³-hybridized carbons (Fsp3) is 0.692. The zero-order chi connectivity index (χ0) is 11.3. The number of aromatic nitrogens is 1. The van der Waals surface area contributed by atoms with Crippen molar-refractivity contribution in [2.45, 2.75) is 25.7 Å². The SMILES string of the molecule is CNCC1(CNCCc2cc[nH]c2)CCC1. The van der Waals surface area contributed by atoms with Crippen molar-refractivity contribution in [2.75, 3.05) is 26.7 Å². The van der Waals surface area contributed by atoms with Crippen LogP contribution in [0.1, 0.15) is 24.8 Å². The summed E-state index contributed by atoms with van der Waals surface area (Å²) in [6.45, 7) is 3.41. The second-order valence-corrected chi connectivity index (χ2v) is 5.03. The summed E-state index contributed by atoms with van der Waals surface area (Å²) >= 11 is 0. The van der Waals surface area contributed by atoms with Crippen LogP contribution in [0.25, 0.3) is 0 Å². The molecule has 0 amide bonds. The summed E-state index contributed by atoms with van der Waals surface area (Å²) in [5, 5.41) is 6.92. The lowest BCUT2D eigenvalue weighted by Gasteiger charge is -2.42. The molecule has 3 nitrogen and oxygen atoms in total. The van der Waals surface area contributed by atoms with Crippen LogP contribution in [-0.4, -0.2) is 31.7 Å². The van der Waals surface area contributed by atoms with E-state index in [4.69, 9.17) is 0 Å². The largest absolute Gasteiger partial charge is 0.367 e. The van der Waals surface area contributed by atoms with Crippen molar-refractivity contribution in [1.82, 2.24) is 15.6 Å². The molecule has 90 valence electrons. The maximum atomic E-state index is 3.60. The van der Waals surface area contributed by atoms with E-state index in [1.807, 2.05) is 6.20 Å². The number of hydrogen-bond donors (Lipinski definition) is 3. The Labute approximate surface area is 98.0 Å². The molecule has 1 saturated carbocycles. The Balaban J connectivity index is 1.63. The standard InChI is InChI=1S/C13H23N3/c1-14-10-13(5-2-6-13)11-16-8-4-12-3-7-15-9-12/h3,7,9,14-16H,2,4-6,8,10-11H2,1H3. The van der Waals surface area contributed by atoms with Gasteiger partial charge in [-0.15, -0.1) is 0 Å². The third-order valence-electron chi connectivity index (χ3n) is 3.72. The molecule has 0 radical (unpaired) electrons. The first-order valence-electron chi connectivity index (χ1n) is 6.32. The summed E-state index contributed by atoms with van der Waals surface area (Å²) in [7, 11) is 2.06. The summed E-state index contributed by atoms with van der Waals surface area (Å²) in [5.41, 5.74) is 1.94. The van der Waals surface area contributed by atoms with Crippen molar-refractivity contribution in [2.24, 2.45) is 5.41 Å². The van der Waals surface area contributed by atoms with Crippen molar-refractivity contribution in [1.29, 1.82) is 0 Å². The molecule has 0 spiro atoms. The van der Waals surface area contributed by atoms with Gasteiger partial charge in [-0.25, -0.2) is 0 Å². The van der Waals surface area contributed by atoms with E-state index < -0.39 is 0 Å². The third-order valence-corrected chi connectivity index (χ3v) is 3.72. The van der Waals surface area contributed by atoms with Gasteiger partial charge in [0.15, 0.2) is 0 Å². The smallest absolute Gasteiger partial charge is 0.00378 e. The monoisotopic (exact) mass is 221 g/mol. The maximum absolute atomic E-state index is 3.60. The molecule has 1 fully saturated rings. The topological polar surface area (TPSA) is 39.8 Å². The molecule has 3 N–H and O–H groups in total. The molecule has 0 atom stereocenters. The average molecular weight is 221 g/mol. The van der Waals surface area contributed by atoms with Gasteiger partial charge in [0, 0.05) is 25.5 Å². The number of rotatable bonds is 7. The molecule has 2 rings (SSSR count). The highest BCUT2D eigenvalue weighted by Crippen LogP contribution is 2.39. The van der Waals surface area contributed by atoms with Crippen LogP contribution in [-0.2, 0) is 6.42 Å². The second-order valence-electron chi connectivity index (χ2n) is 5.03. The zero-order valence-electron chi connectivity index (χ0n) is 10.2. The normalized spacial score (nSPS) is 18.3. The predicted octanol–water partition coefficient (Wildman–Crippen LogP) is 1.54. The van der Waals surface area contributed by atoms with Crippen LogP contribution in [0.5, 0.6) is 0 Å². The Hall–Kier alpha value is -0.800. The van der Waals surface area contributed by atoms with Crippen LogP contribution in [0.2, 0.25) is 0 Å². The molecule has 1 aliphatic carbocycles. The summed E-state index contributed by atoms with van der Waals surface area (Å²) in [4.78, 5) is 3.09. The number of nitrogens with one attached hydrogen (secondary N) is 3. The number of H-pyrrole nitrogens is 1. The summed E-state index contributed by atoms with van der Waals surface area (Å²) in [6, 6.07) is 2.15. The van der Waals surface area contributed by atoms with E-state index in [0.717, 1.165) is 26.1 Å². The molecule has 0 bridgehead atoms. The van der Waals surface area contributed by atoms with E-state index in [1.165, 1.54) is 24.8 Å². The van der Waals surface area contributed by atoms with Crippen LogP contribution in [0.4, 0.5) is 0 Å². The highest BCUT2D eigenvalue weighted by atomic mass is 14.9. The summed E-state index contributed by atoms with van der Waals surface area (Å²) in [6.07, 6.45) is 9.36. The molecule has 0 aromatic carbocycles. The van der Waals surface area contributed by atoms with Crippen molar-refractivity contribution in [3.63, 3.8) is 0 Å². The van der Waals surface area contributed by atoms with E-state index in [0.29, 0.717) is 5.41 Å². The minimum atomic E-state index is 0.549. The van der Waals surface area contributed by atoms with Crippen LogP contribution >= 0.6 is 0 Å². The first-order chi connectivity index (χ1) is 7.85. The van der Waals surface area contributed by atoms with Crippen molar-refractivity contribution >= 4 is 0 Å². The average Bonchev–Trinajstić information content (AvgIpc) is 2.73. The van der Waals surface area contributed by atoms with Gasteiger partial charge in [-0.3, -0.25) is 0 Å². The Morgan fingerprint density at radius 1 is 1.38 bits per heavy atom. The highest BCUT2D eigenvalue weighted by molar-refractivity contribution is 5.08. The Bertz CT molecular complexity index is 288. The van der Waals surface area contributed by atoms with Gasteiger partial charge >= 0.3 is 0 Å². The van der Waals surface area contributed by atoms with Crippen LogP contribution in [0, 0.1) is 5.41 Å². The van der Waals surface area contributed by atoms with Crippen LogP contribution < -0.4 is 10.6 Å². The molecule has 0 saturated heterocycles. The van der Waals surface area contributed by atoms with Gasteiger partial charge < -0.3 is 15.6 Å². The third kappa shape index (κ3) is 2.86. The van der Waals surface area contributed by atoms with Crippen molar-refractivity contribution in [3.05, 3.63) is 24.0 Å². The minimum Gasteiger partial charge on any atom is -0.367 e. The summed E-state index contributed by atoms with van der Waals surface area (Å²) < 4.78 is 0. The molecule has 16 heavy (non-hydrogen) atoms. The molecule has 0 aliphatic heterocycles. The predicted molar refractivity (Wildman–Crippen MR) is 67.6 cm³/mol. The maximum Gasteiger partial charge on any atom is 0.00378 e. The van der Waals surface area contributed by atoms with Gasteiger partial charge in [0.05, 0.1) is 0 Å². The molecule has 1 aromatic rings. The van der Waals surface area contributed by atoms with Crippen LogP contribution in [0.3, 0.4) is 0 Å². The molecule has 1 aliphatic rings. The Morgan fingerprint density at radius 3 is 2.81 bits per heavy atom. The molecule has 1 heterocycles. The van der Waals surface area contributed by atoms with Gasteiger partial charge in [0.2, 0.25) is 0 Å². The first kappa shape index (κ1) is 11.7. The molecular formula is C13H23N3. The molecule has 1 aromatic heterocycles. The first-order valence-corrected chi connectivity index (χ1v) is 6.32. The van der Waals surface area contributed by atoms with Gasteiger partial charge in [0.1, 0.15) is 0 Å². The number of hydrogen-bond acceptors (Lipinski definition) is 2. The van der Waals surface area contributed by atoms with Gasteiger partial charge in [-0.1, -0.05) is 6.42 Å². The zero-order valence-corrected chi connectivity index (χ0v) is 10.2. The van der Waals surface area contributed by atoms with Gasteiger partial charge in [-0.05, 0) is 49.9 Å². The quantitative estimate of drug-likeness (QED) is 0.611. The van der Waals surface area contributed by atoms with E-state index in [-0.39, 0.29) is 0 Å². The van der Waals surface area contributed by atoms with Crippen molar-refractivity contribution in [3.8, 4) is 0 Å². The lowest BCUT2D eigenvalue weighted by atomic mass is 9.68. The fourth-order valence-corrected chi connectivity index (χ4v) is 2.57. The van der Waals surface area contributed by atoms with E-state index >= 15 is 0 Å². The minimum absolute atomic E-state index is 0.549. The molecule has 0 unspecified atom stereocenters. The van der Waals surface area contributed by atoms with Gasteiger partial charge in [-0.2, -0.15) is 0 Å². The summed E-state index contributed by atoms with van der Waals surface area (Å²) in [5.74, 6) is 0. The Morgan fingerprint density at radius 2 is 2.25 bits per heavy atom. The molecular weight excluding hydrogens is 198 g/mol. The molecule has 3 heteroatoms. The highest BCUT2D eigenvalue weighted by Gasteiger charge is 2.35. The number of aromatic amines is 1. The van der Waals surface area contributed by atoms with Crippen molar-refractivity contribution < 1.29 is 0 Å². The second kappa shape index (κ2) is 5.51. The van der Waals surface area contributed by atoms with Crippen LogP contribution in [0.15, 0.2) is 18.5 Å². The van der Waals surface area contributed by atoms with Gasteiger partial charge in [0.25, 0.3) is 0 Å². The fourth-order valence-electron chi connectivity index (χ4n) is 2.57. The van der Waals surface area contributed by atoms with E-state index in [2.05, 4.69) is 34.9 Å². The van der Waals surface area contributed by atoms with E-state index in [9.17, 15) is 0 Å².